The maximum atomic E-state index is 15.0. The van der Waals surface area contributed by atoms with Gasteiger partial charge in [0.05, 0.1) is 34.6 Å². The average molecular weight is 737 g/mol. The van der Waals surface area contributed by atoms with Crippen LogP contribution in [0.3, 0.4) is 0 Å². The topological polar surface area (TPSA) is 113 Å². The Labute approximate surface area is 306 Å². The summed E-state index contributed by atoms with van der Waals surface area (Å²) in [6.07, 6.45) is 2.70. The fourth-order valence-electron chi connectivity index (χ4n) is 9.28. The van der Waals surface area contributed by atoms with Crippen molar-refractivity contribution in [2.75, 3.05) is 4.90 Å². The molecule has 1 N–H and O–H groups in total. The van der Waals surface area contributed by atoms with Gasteiger partial charge < -0.3 is 5.11 Å². The number of aryl methyl sites for hydroxylation is 2. The maximum absolute atomic E-state index is 15.0. The molecule has 2 saturated heterocycles. The van der Waals surface area contributed by atoms with Gasteiger partial charge in [-0.2, -0.15) is 5.10 Å². The minimum atomic E-state index is -1.19. The Morgan fingerprint density at radius 3 is 2.53 bits per heavy atom. The molecule has 0 bridgehead atoms. The summed E-state index contributed by atoms with van der Waals surface area (Å²) in [5.74, 6) is -3.46. The zero-order valence-corrected chi connectivity index (χ0v) is 30.4. The van der Waals surface area contributed by atoms with Crippen molar-refractivity contribution >= 4 is 73.8 Å². The van der Waals surface area contributed by atoms with E-state index < -0.39 is 35.0 Å². The predicted molar refractivity (Wildman–Crippen MR) is 196 cm³/mol. The number of amides is 4. The minimum absolute atomic E-state index is 0.0861. The predicted octanol–water partition coefficient (Wildman–Crippen LogP) is 7.46. The van der Waals surface area contributed by atoms with Crippen molar-refractivity contribution in [1.82, 2.24) is 14.7 Å². The molecule has 4 aliphatic rings. The number of benzene rings is 2. The quantitative estimate of drug-likeness (QED) is 0.148. The van der Waals surface area contributed by atoms with E-state index in [0.29, 0.717) is 23.0 Å². The number of hydrogen-bond donors (Lipinski definition) is 1. The zero-order valence-electron chi connectivity index (χ0n) is 28.0. The molecule has 6 unspecified atom stereocenters. The summed E-state index contributed by atoms with van der Waals surface area (Å²) in [7, 11) is 1.73. The van der Waals surface area contributed by atoms with Gasteiger partial charge in [0.15, 0.2) is 0 Å². The van der Waals surface area contributed by atoms with Crippen molar-refractivity contribution in [2.45, 2.75) is 39.2 Å². The number of aromatic nitrogens is 2. The van der Waals surface area contributed by atoms with Crippen molar-refractivity contribution in [3.05, 3.63) is 98.7 Å². The Bertz CT molecular complexity index is 2340. The summed E-state index contributed by atoms with van der Waals surface area (Å²) < 4.78 is 2.65. The molecule has 6 atom stereocenters. The van der Waals surface area contributed by atoms with Crippen LogP contribution in [0.15, 0.2) is 77.7 Å². The smallest absolute Gasteiger partial charge is 0.242 e. The number of thiophene rings is 2. The van der Waals surface area contributed by atoms with Gasteiger partial charge in [0, 0.05) is 33.6 Å². The summed E-state index contributed by atoms with van der Waals surface area (Å²) >= 11 is 9.39. The second kappa shape index (κ2) is 11.5. The molecular formula is C39H33ClN4O5S2. The normalized spacial score (nSPS) is 27.3. The third kappa shape index (κ3) is 4.60. The zero-order chi connectivity index (χ0) is 35.5. The van der Waals surface area contributed by atoms with Gasteiger partial charge in [-0.05, 0) is 90.9 Å². The molecule has 5 heterocycles. The number of carbonyl (C=O) groups excluding carboxylic acids is 4. The van der Waals surface area contributed by atoms with Crippen LogP contribution >= 0.6 is 34.3 Å². The SMILES string of the molecule is Cc1c(-c2cc(N3C(=O)C4CC5C(=CCC6C(=O)N(Cc7cccs7)C(=O)C65)C(c5ccc(O)cc5)C4(C)C3=O)n(C)n2)sc2ccc(Cl)cc12. The van der Waals surface area contributed by atoms with E-state index in [1.54, 1.807) is 53.4 Å². The number of imide groups is 2. The fraction of sp³-hybridized carbons (Fsp3) is 0.308. The monoisotopic (exact) mass is 736 g/mol. The van der Waals surface area contributed by atoms with Gasteiger partial charge >= 0.3 is 0 Å². The first-order chi connectivity index (χ1) is 24.5. The van der Waals surface area contributed by atoms with Gasteiger partial charge in [-0.25, -0.2) is 4.90 Å². The van der Waals surface area contributed by atoms with Crippen LogP contribution in [0.1, 0.15) is 41.7 Å². The molecule has 2 aromatic carbocycles. The number of likely N-dealkylation sites (tertiary alicyclic amines) is 1. The van der Waals surface area contributed by atoms with E-state index in [-0.39, 0.29) is 42.3 Å². The van der Waals surface area contributed by atoms with Crippen LogP contribution in [-0.4, -0.2) is 43.4 Å². The van der Waals surface area contributed by atoms with E-state index in [1.165, 1.54) is 21.1 Å². The molecule has 0 spiro atoms. The van der Waals surface area contributed by atoms with Crippen LogP contribution in [0.5, 0.6) is 5.75 Å². The van der Waals surface area contributed by atoms with Crippen LogP contribution in [0.2, 0.25) is 5.02 Å². The van der Waals surface area contributed by atoms with Crippen LogP contribution < -0.4 is 4.90 Å². The molecule has 258 valence electrons. The van der Waals surface area contributed by atoms with Gasteiger partial charge in [-0.1, -0.05) is 41.4 Å². The molecule has 5 aromatic rings. The number of phenolic OH excluding ortho intramolecular Hbond substituents is 1. The van der Waals surface area contributed by atoms with Gasteiger partial charge in [0.25, 0.3) is 0 Å². The molecule has 0 radical (unpaired) electrons. The molecule has 3 aromatic heterocycles. The van der Waals surface area contributed by atoms with Crippen LogP contribution in [0, 0.1) is 36.0 Å². The first-order valence-electron chi connectivity index (χ1n) is 16.9. The second-order valence-electron chi connectivity index (χ2n) is 14.3. The molecule has 2 aliphatic carbocycles. The van der Waals surface area contributed by atoms with Crippen molar-refractivity contribution < 1.29 is 24.3 Å². The summed E-state index contributed by atoms with van der Waals surface area (Å²) in [5.41, 5.74) is 2.16. The molecule has 9 rings (SSSR count). The number of halogens is 1. The van der Waals surface area contributed by atoms with Crippen LogP contribution in [0.4, 0.5) is 5.82 Å². The van der Waals surface area contributed by atoms with Crippen LogP contribution in [-0.2, 0) is 32.8 Å². The lowest BCUT2D eigenvalue weighted by Gasteiger charge is -2.49. The fourth-order valence-corrected chi connectivity index (χ4v) is 11.3. The lowest BCUT2D eigenvalue weighted by molar-refractivity contribution is -0.141. The lowest BCUT2D eigenvalue weighted by Crippen LogP contribution is -2.48. The minimum Gasteiger partial charge on any atom is -0.508 e. The van der Waals surface area contributed by atoms with E-state index in [9.17, 15) is 24.3 Å². The van der Waals surface area contributed by atoms with Gasteiger partial charge in [0.1, 0.15) is 17.3 Å². The Morgan fingerprint density at radius 1 is 1.00 bits per heavy atom. The third-order valence-electron chi connectivity index (χ3n) is 11.7. The molecule has 1 saturated carbocycles. The number of nitrogens with zero attached hydrogens (tertiary/aromatic N) is 4. The van der Waals surface area contributed by atoms with E-state index in [2.05, 4.69) is 0 Å². The first-order valence-corrected chi connectivity index (χ1v) is 19.0. The largest absolute Gasteiger partial charge is 0.508 e. The first kappa shape index (κ1) is 32.3. The molecule has 3 fully saturated rings. The Balaban J connectivity index is 1.13. The Morgan fingerprint density at radius 2 is 1.78 bits per heavy atom. The molecule has 9 nitrogen and oxygen atoms in total. The number of rotatable bonds is 5. The number of allylic oxidation sites excluding steroid dienone is 2. The van der Waals surface area contributed by atoms with Gasteiger partial charge in [-0.3, -0.25) is 28.8 Å². The van der Waals surface area contributed by atoms with Crippen LogP contribution in [0.25, 0.3) is 20.7 Å². The highest BCUT2D eigenvalue weighted by atomic mass is 35.5. The average Bonchev–Trinajstić information content (AvgIpc) is 3.92. The third-order valence-corrected chi connectivity index (χ3v) is 14.1. The highest BCUT2D eigenvalue weighted by Gasteiger charge is 2.68. The number of anilines is 1. The highest BCUT2D eigenvalue weighted by molar-refractivity contribution is 7.22. The molecule has 51 heavy (non-hydrogen) atoms. The van der Waals surface area contributed by atoms with E-state index in [0.717, 1.165) is 36.5 Å². The standard InChI is InChI=1S/C39H33ClN4O5S2/c1-19-26-15-21(40)8-13-30(26)51-34(19)29-17-31(42(3)41-29)44-36(47)28-16-27-24(33(39(28,2)38(44)49)20-6-9-22(45)10-7-20)11-12-25-32(27)37(48)43(35(25)46)18-23-5-4-14-50-23/h4-11,13-15,17,25,27-28,32-33,45H,12,16,18H2,1-3H3. The van der Waals surface area contributed by atoms with E-state index in [4.69, 9.17) is 16.7 Å². The Hall–Kier alpha value is -4.58. The number of fused-ring (bicyclic) bond motifs is 5. The van der Waals surface area contributed by atoms with E-state index >= 15 is 0 Å². The van der Waals surface area contributed by atoms with Crippen molar-refractivity contribution in [3.63, 3.8) is 0 Å². The molecular weight excluding hydrogens is 704 g/mol. The summed E-state index contributed by atoms with van der Waals surface area (Å²) in [4.78, 5) is 62.2. The molecule has 4 amide bonds. The second-order valence-corrected chi connectivity index (χ2v) is 16.8. The van der Waals surface area contributed by atoms with Crippen molar-refractivity contribution in [1.29, 1.82) is 0 Å². The maximum Gasteiger partial charge on any atom is 0.242 e. The number of hydrogen-bond acceptors (Lipinski definition) is 8. The number of phenols is 1. The van der Waals surface area contributed by atoms with Crippen molar-refractivity contribution in [3.8, 4) is 16.3 Å². The Kier molecular flexibility index (Phi) is 7.27. The summed E-state index contributed by atoms with van der Waals surface area (Å²) in [6.45, 7) is 4.11. The lowest BCUT2D eigenvalue weighted by atomic mass is 9.51. The number of aromatic hydroxyl groups is 1. The van der Waals surface area contributed by atoms with Gasteiger partial charge in [0.2, 0.25) is 23.6 Å². The summed E-state index contributed by atoms with van der Waals surface area (Å²) in [5, 5.41) is 18.6. The highest BCUT2D eigenvalue weighted by Crippen LogP contribution is 2.63. The van der Waals surface area contributed by atoms with Gasteiger partial charge in [-0.15, -0.1) is 22.7 Å². The summed E-state index contributed by atoms with van der Waals surface area (Å²) in [6, 6.07) is 18.2. The van der Waals surface area contributed by atoms with Crippen molar-refractivity contribution in [2.24, 2.45) is 36.1 Å². The number of carbonyl (C=O) groups is 4. The molecule has 2 aliphatic heterocycles. The molecule has 12 heteroatoms. The van der Waals surface area contributed by atoms with E-state index in [1.807, 2.05) is 55.6 Å².